The fourth-order valence-electron chi connectivity index (χ4n) is 1.74. The average Bonchev–Trinajstić information content (AvgIpc) is 2.47. The molecule has 0 amide bonds. The van der Waals surface area contributed by atoms with Crippen LogP contribution < -0.4 is 4.74 Å². The van der Waals surface area contributed by atoms with Gasteiger partial charge in [-0.05, 0) is 12.1 Å². The summed E-state index contributed by atoms with van der Waals surface area (Å²) in [5.74, 6) is -0.988. The number of rotatable bonds is 3. The van der Waals surface area contributed by atoms with Crippen LogP contribution in [0.25, 0.3) is 10.9 Å². The van der Waals surface area contributed by atoms with Crippen LogP contribution >= 0.6 is 0 Å². The summed E-state index contributed by atoms with van der Waals surface area (Å²) in [6.07, 6.45) is 4.33. The summed E-state index contributed by atoms with van der Waals surface area (Å²) in [6.45, 7) is 0. The van der Waals surface area contributed by atoms with Gasteiger partial charge in [0.1, 0.15) is 5.56 Å². The highest BCUT2D eigenvalue weighted by Gasteiger charge is 2.13. The van der Waals surface area contributed by atoms with Crippen LogP contribution in [-0.2, 0) is 0 Å². The van der Waals surface area contributed by atoms with Crippen LogP contribution in [0, 0.1) is 0 Å². The summed E-state index contributed by atoms with van der Waals surface area (Å²) in [4.78, 5) is 23.2. The van der Waals surface area contributed by atoms with E-state index in [9.17, 15) is 4.79 Å². The molecule has 0 aliphatic heterocycles. The van der Waals surface area contributed by atoms with Crippen LogP contribution in [0.4, 0.5) is 0 Å². The van der Waals surface area contributed by atoms with Gasteiger partial charge >= 0.3 is 12.0 Å². The third kappa shape index (κ3) is 2.26. The van der Waals surface area contributed by atoms with Crippen LogP contribution in [0.2, 0.25) is 0 Å². The number of benzene rings is 1. The molecule has 0 bridgehead atoms. The van der Waals surface area contributed by atoms with E-state index < -0.39 is 5.97 Å². The summed E-state index contributed by atoms with van der Waals surface area (Å²) in [6, 6.07) is 8.89. The van der Waals surface area contributed by atoms with Crippen LogP contribution in [0.5, 0.6) is 11.8 Å². The Morgan fingerprint density at radius 2 is 2.00 bits per heavy atom. The molecule has 0 saturated carbocycles. The fraction of sp³-hybridized carbons (Fsp3) is 0. The molecule has 2 heterocycles. The second-order valence-electron chi connectivity index (χ2n) is 3.99. The van der Waals surface area contributed by atoms with E-state index in [-0.39, 0.29) is 17.3 Å². The minimum absolute atomic E-state index is 0.0109. The van der Waals surface area contributed by atoms with Crippen molar-refractivity contribution in [1.82, 2.24) is 15.0 Å². The molecule has 2 aromatic heterocycles. The number of ether oxygens (including phenoxy) is 1. The zero-order valence-electron chi connectivity index (χ0n) is 10.2. The normalized spacial score (nSPS) is 10.4. The molecule has 1 aromatic carbocycles. The van der Waals surface area contributed by atoms with Crippen LogP contribution in [0.3, 0.4) is 0 Å². The molecule has 0 spiro atoms. The van der Waals surface area contributed by atoms with Crippen molar-refractivity contribution in [2.24, 2.45) is 0 Å². The van der Waals surface area contributed by atoms with Gasteiger partial charge in [-0.2, -0.15) is 4.98 Å². The zero-order chi connectivity index (χ0) is 13.9. The van der Waals surface area contributed by atoms with Crippen LogP contribution in [0.15, 0.2) is 48.9 Å². The Kier molecular flexibility index (Phi) is 2.96. The van der Waals surface area contributed by atoms with Crippen molar-refractivity contribution in [3.05, 3.63) is 54.5 Å². The van der Waals surface area contributed by atoms with Crippen LogP contribution in [0.1, 0.15) is 10.4 Å². The number of aromatic carboxylic acids is 1. The van der Waals surface area contributed by atoms with Gasteiger partial charge in [-0.25, -0.2) is 9.78 Å². The summed E-state index contributed by atoms with van der Waals surface area (Å²) in [5.41, 5.74) is 0.732. The predicted octanol–water partition coefficient (Wildman–Crippen LogP) is 2.52. The van der Waals surface area contributed by atoms with Gasteiger partial charge in [0.25, 0.3) is 0 Å². The van der Waals surface area contributed by atoms with Gasteiger partial charge in [-0.1, -0.05) is 18.2 Å². The largest absolute Gasteiger partial charge is 0.478 e. The van der Waals surface area contributed by atoms with Gasteiger partial charge in [0.15, 0.2) is 5.75 Å². The molecule has 0 aliphatic rings. The zero-order valence-corrected chi connectivity index (χ0v) is 10.2. The van der Waals surface area contributed by atoms with Crippen molar-refractivity contribution >= 4 is 16.9 Å². The second-order valence-corrected chi connectivity index (χ2v) is 3.99. The van der Waals surface area contributed by atoms with Crippen molar-refractivity contribution < 1.29 is 14.6 Å². The van der Waals surface area contributed by atoms with E-state index in [2.05, 4.69) is 15.0 Å². The van der Waals surface area contributed by atoms with Crippen molar-refractivity contribution in [3.63, 3.8) is 0 Å². The monoisotopic (exact) mass is 267 g/mol. The summed E-state index contributed by atoms with van der Waals surface area (Å²) < 4.78 is 5.41. The first-order valence-electron chi connectivity index (χ1n) is 5.81. The molecule has 3 rings (SSSR count). The van der Waals surface area contributed by atoms with Crippen molar-refractivity contribution in [1.29, 1.82) is 0 Å². The number of hydrogen-bond donors (Lipinski definition) is 1. The number of carboxylic acids is 1. The number of para-hydroxylation sites is 1. The van der Waals surface area contributed by atoms with Crippen molar-refractivity contribution in [2.45, 2.75) is 0 Å². The number of nitrogens with zero attached hydrogens (tertiary/aromatic N) is 3. The highest BCUT2D eigenvalue weighted by Crippen LogP contribution is 2.22. The number of aromatic nitrogens is 3. The lowest BCUT2D eigenvalue weighted by Gasteiger charge is -2.06. The number of pyridine rings is 1. The molecular weight excluding hydrogens is 258 g/mol. The van der Waals surface area contributed by atoms with Gasteiger partial charge in [0.2, 0.25) is 0 Å². The molecule has 0 aliphatic carbocycles. The number of carbonyl (C=O) groups is 1. The molecular formula is C14H9N3O3. The number of fused-ring (bicyclic) bond motifs is 1. The topological polar surface area (TPSA) is 85.2 Å². The third-order valence-electron chi connectivity index (χ3n) is 2.68. The van der Waals surface area contributed by atoms with Gasteiger partial charge in [-0.15, -0.1) is 0 Å². The van der Waals surface area contributed by atoms with E-state index in [1.54, 1.807) is 6.20 Å². The molecule has 1 N–H and O–H groups in total. The van der Waals surface area contributed by atoms with E-state index in [1.165, 1.54) is 18.5 Å². The maximum absolute atomic E-state index is 11.1. The molecule has 0 atom stereocenters. The number of hydrogen-bond acceptors (Lipinski definition) is 5. The third-order valence-corrected chi connectivity index (χ3v) is 2.68. The maximum Gasteiger partial charge on any atom is 0.339 e. The lowest BCUT2D eigenvalue weighted by molar-refractivity contribution is 0.0694. The predicted molar refractivity (Wildman–Crippen MR) is 70.8 cm³/mol. The first-order chi connectivity index (χ1) is 9.74. The molecule has 6 nitrogen and oxygen atoms in total. The standard InChI is InChI=1S/C14H9N3O3/c18-13(19)10-5-6-15-8-12(10)20-14-16-7-9-3-1-2-4-11(9)17-14/h1-8H,(H,18,19). The molecule has 6 heteroatoms. The quantitative estimate of drug-likeness (QED) is 0.784. The Morgan fingerprint density at radius 3 is 2.85 bits per heavy atom. The first-order valence-corrected chi connectivity index (χ1v) is 5.81. The lowest BCUT2D eigenvalue weighted by atomic mass is 10.2. The SMILES string of the molecule is O=C(O)c1ccncc1Oc1ncc2ccccc2n1. The van der Waals surface area contributed by atoms with Gasteiger partial charge < -0.3 is 9.84 Å². The Balaban J connectivity index is 1.99. The van der Waals surface area contributed by atoms with E-state index in [0.717, 1.165) is 10.9 Å². The Labute approximate surface area is 113 Å². The molecule has 0 radical (unpaired) electrons. The van der Waals surface area contributed by atoms with Gasteiger partial charge in [0, 0.05) is 17.8 Å². The molecule has 0 fully saturated rings. The Hall–Kier alpha value is -3.02. The summed E-state index contributed by atoms with van der Waals surface area (Å²) >= 11 is 0. The van der Waals surface area contributed by atoms with Crippen LogP contribution in [-0.4, -0.2) is 26.0 Å². The van der Waals surface area contributed by atoms with Crippen molar-refractivity contribution in [3.8, 4) is 11.8 Å². The average molecular weight is 267 g/mol. The highest BCUT2D eigenvalue weighted by molar-refractivity contribution is 5.90. The smallest absolute Gasteiger partial charge is 0.339 e. The highest BCUT2D eigenvalue weighted by atomic mass is 16.5. The molecule has 0 unspecified atom stereocenters. The maximum atomic E-state index is 11.1. The Morgan fingerprint density at radius 1 is 1.15 bits per heavy atom. The van der Waals surface area contributed by atoms with E-state index in [0.29, 0.717) is 0 Å². The fourth-order valence-corrected chi connectivity index (χ4v) is 1.74. The minimum Gasteiger partial charge on any atom is -0.478 e. The first kappa shape index (κ1) is 12.0. The number of carboxylic acid groups (broad SMARTS) is 1. The molecule has 3 aromatic rings. The van der Waals surface area contributed by atoms with E-state index in [1.807, 2.05) is 24.3 Å². The van der Waals surface area contributed by atoms with Crippen molar-refractivity contribution in [2.75, 3.05) is 0 Å². The minimum atomic E-state index is -1.09. The molecule has 20 heavy (non-hydrogen) atoms. The van der Waals surface area contributed by atoms with E-state index >= 15 is 0 Å². The Bertz CT molecular complexity index is 789. The lowest BCUT2D eigenvalue weighted by Crippen LogP contribution is -2.01. The molecule has 0 saturated heterocycles. The summed E-state index contributed by atoms with van der Waals surface area (Å²) in [7, 11) is 0. The second kappa shape index (κ2) is 4.93. The van der Waals surface area contributed by atoms with E-state index in [4.69, 9.17) is 9.84 Å². The van der Waals surface area contributed by atoms with Gasteiger partial charge in [-0.3, -0.25) is 4.98 Å². The molecule has 98 valence electrons. The van der Waals surface area contributed by atoms with Gasteiger partial charge in [0.05, 0.1) is 11.7 Å². The summed E-state index contributed by atoms with van der Waals surface area (Å²) in [5, 5.41) is 9.95.